The topological polar surface area (TPSA) is 67.6 Å². The van der Waals surface area contributed by atoms with E-state index in [0.29, 0.717) is 25.5 Å². The fourth-order valence-corrected chi connectivity index (χ4v) is 3.52. The van der Waals surface area contributed by atoms with E-state index in [2.05, 4.69) is 18.8 Å². The van der Waals surface area contributed by atoms with E-state index in [0.717, 1.165) is 19.3 Å². The van der Waals surface area contributed by atoms with Gasteiger partial charge in [0.1, 0.15) is 5.69 Å². The van der Waals surface area contributed by atoms with Gasteiger partial charge in [0.25, 0.3) is 5.91 Å². The molecule has 1 N–H and O–H groups in total. The van der Waals surface area contributed by atoms with Crippen molar-refractivity contribution in [2.75, 3.05) is 19.8 Å². The summed E-state index contributed by atoms with van der Waals surface area (Å²) < 4.78 is 7.51. The average Bonchev–Trinajstić information content (AvgIpc) is 3.15. The molecule has 6 heteroatoms. The number of morpholine rings is 1. The Hall–Kier alpha value is -1.40. The van der Waals surface area contributed by atoms with Crippen molar-refractivity contribution < 1.29 is 14.6 Å². The van der Waals surface area contributed by atoms with Crippen LogP contribution in [0.25, 0.3) is 0 Å². The zero-order chi connectivity index (χ0) is 15.7. The Kier molecular flexibility index (Phi) is 4.49. The smallest absolute Gasteiger partial charge is 0.274 e. The summed E-state index contributed by atoms with van der Waals surface area (Å²) in [5.41, 5.74) is 0.480. The molecular formula is C16H25N3O3. The van der Waals surface area contributed by atoms with Crippen molar-refractivity contribution in [1.29, 1.82) is 0 Å². The first kappa shape index (κ1) is 15.5. The third kappa shape index (κ3) is 2.90. The molecule has 1 saturated carbocycles. The van der Waals surface area contributed by atoms with Crippen LogP contribution in [-0.4, -0.2) is 57.4 Å². The van der Waals surface area contributed by atoms with Crippen LogP contribution in [-0.2, 0) is 4.74 Å². The zero-order valence-corrected chi connectivity index (χ0v) is 13.3. The molecule has 0 radical (unpaired) electrons. The van der Waals surface area contributed by atoms with Crippen LogP contribution in [0.15, 0.2) is 12.5 Å². The molecule has 2 fully saturated rings. The second-order valence-corrected chi connectivity index (χ2v) is 6.60. The van der Waals surface area contributed by atoms with Gasteiger partial charge in [-0.3, -0.25) is 4.79 Å². The number of aliphatic hydroxyl groups is 1. The molecule has 3 atom stereocenters. The molecular weight excluding hydrogens is 282 g/mol. The molecule has 1 aliphatic heterocycles. The number of carbonyl (C=O) groups is 1. The van der Waals surface area contributed by atoms with Crippen molar-refractivity contribution in [2.45, 2.75) is 51.3 Å². The Labute approximate surface area is 131 Å². The van der Waals surface area contributed by atoms with Gasteiger partial charge in [-0.15, -0.1) is 0 Å². The maximum absolute atomic E-state index is 12.8. The van der Waals surface area contributed by atoms with Gasteiger partial charge in [0.05, 0.1) is 31.7 Å². The Morgan fingerprint density at radius 1 is 1.45 bits per heavy atom. The lowest BCUT2D eigenvalue weighted by Crippen LogP contribution is -2.53. The van der Waals surface area contributed by atoms with Gasteiger partial charge in [-0.2, -0.15) is 0 Å². The third-order valence-electron chi connectivity index (χ3n) is 4.87. The first-order chi connectivity index (χ1) is 10.6. The number of amides is 1. The molecule has 1 saturated heterocycles. The molecule has 1 aromatic heterocycles. The molecule has 2 heterocycles. The van der Waals surface area contributed by atoms with E-state index in [1.807, 2.05) is 15.7 Å². The molecule has 0 unspecified atom stereocenters. The molecule has 2 aliphatic rings. The first-order valence-electron chi connectivity index (χ1n) is 8.18. The predicted octanol–water partition coefficient (Wildman–Crippen LogP) is 1.47. The van der Waals surface area contributed by atoms with E-state index in [4.69, 9.17) is 4.74 Å². The highest BCUT2D eigenvalue weighted by molar-refractivity contribution is 5.92. The standard InChI is InChI=1S/C16H25N3O3/c1-11(2)18-8-13(17-10-18)16(21)19-6-7-22-9-14(19)12-4-3-5-15(12)20/h8,10-12,14-15,20H,3-7,9H2,1-2H3/t12-,14+,15+/m0/s1. The van der Waals surface area contributed by atoms with Crippen molar-refractivity contribution in [1.82, 2.24) is 14.5 Å². The van der Waals surface area contributed by atoms with Crippen LogP contribution >= 0.6 is 0 Å². The van der Waals surface area contributed by atoms with Gasteiger partial charge >= 0.3 is 0 Å². The average molecular weight is 307 g/mol. The van der Waals surface area contributed by atoms with Crippen LogP contribution in [0.5, 0.6) is 0 Å². The Morgan fingerprint density at radius 2 is 2.27 bits per heavy atom. The van der Waals surface area contributed by atoms with Gasteiger partial charge < -0.3 is 19.3 Å². The summed E-state index contributed by atoms with van der Waals surface area (Å²) >= 11 is 0. The Bertz CT molecular complexity index is 528. The van der Waals surface area contributed by atoms with Gasteiger partial charge in [0.15, 0.2) is 0 Å². The summed E-state index contributed by atoms with van der Waals surface area (Å²) in [7, 11) is 0. The van der Waals surface area contributed by atoms with Crippen LogP contribution < -0.4 is 0 Å². The number of nitrogens with zero attached hydrogens (tertiary/aromatic N) is 3. The number of ether oxygens (including phenoxy) is 1. The SMILES string of the molecule is CC(C)n1cnc(C(=O)N2CCOC[C@@H]2[C@@H]2CCC[C@H]2O)c1. The molecule has 22 heavy (non-hydrogen) atoms. The van der Waals surface area contributed by atoms with Crippen LogP contribution in [0.2, 0.25) is 0 Å². The number of aromatic nitrogens is 2. The molecule has 1 amide bonds. The van der Waals surface area contributed by atoms with Crippen LogP contribution in [0.4, 0.5) is 0 Å². The molecule has 0 aromatic carbocycles. The van der Waals surface area contributed by atoms with Gasteiger partial charge in [-0.05, 0) is 26.7 Å². The van der Waals surface area contributed by atoms with Gasteiger partial charge in [0, 0.05) is 24.7 Å². The monoisotopic (exact) mass is 307 g/mol. The van der Waals surface area contributed by atoms with Crippen molar-refractivity contribution >= 4 is 5.91 Å². The van der Waals surface area contributed by atoms with Gasteiger partial charge in [-0.1, -0.05) is 6.42 Å². The normalized spacial score (nSPS) is 29.3. The van der Waals surface area contributed by atoms with Crippen molar-refractivity contribution in [3.05, 3.63) is 18.2 Å². The van der Waals surface area contributed by atoms with Crippen LogP contribution in [0.3, 0.4) is 0 Å². The largest absolute Gasteiger partial charge is 0.393 e. The highest BCUT2D eigenvalue weighted by atomic mass is 16.5. The Morgan fingerprint density at radius 3 is 2.91 bits per heavy atom. The number of imidazole rings is 1. The summed E-state index contributed by atoms with van der Waals surface area (Å²) in [6.07, 6.45) is 5.99. The fraction of sp³-hybridized carbons (Fsp3) is 0.750. The molecule has 1 aliphatic carbocycles. The molecule has 0 bridgehead atoms. The second kappa shape index (κ2) is 6.38. The molecule has 1 aromatic rings. The fourth-order valence-electron chi connectivity index (χ4n) is 3.52. The van der Waals surface area contributed by atoms with Crippen LogP contribution in [0, 0.1) is 5.92 Å². The third-order valence-corrected chi connectivity index (χ3v) is 4.87. The van der Waals surface area contributed by atoms with E-state index >= 15 is 0 Å². The summed E-state index contributed by atoms with van der Waals surface area (Å²) in [5, 5.41) is 10.2. The minimum atomic E-state index is -0.324. The second-order valence-electron chi connectivity index (χ2n) is 6.60. The Balaban J connectivity index is 1.78. The summed E-state index contributed by atoms with van der Waals surface area (Å²) in [6.45, 7) is 5.75. The lowest BCUT2D eigenvalue weighted by atomic mass is 9.94. The minimum Gasteiger partial charge on any atom is -0.393 e. The van der Waals surface area contributed by atoms with Crippen molar-refractivity contribution in [3.63, 3.8) is 0 Å². The van der Waals surface area contributed by atoms with E-state index < -0.39 is 0 Å². The lowest BCUT2D eigenvalue weighted by Gasteiger charge is -2.39. The first-order valence-corrected chi connectivity index (χ1v) is 8.18. The maximum Gasteiger partial charge on any atom is 0.274 e. The minimum absolute atomic E-state index is 0.0389. The van der Waals surface area contributed by atoms with Crippen molar-refractivity contribution in [3.8, 4) is 0 Å². The number of aliphatic hydroxyl groups excluding tert-OH is 1. The van der Waals surface area contributed by atoms with Crippen LogP contribution in [0.1, 0.15) is 49.6 Å². The van der Waals surface area contributed by atoms with E-state index in [9.17, 15) is 9.90 Å². The highest BCUT2D eigenvalue weighted by Gasteiger charge is 2.40. The van der Waals surface area contributed by atoms with Gasteiger partial charge in [-0.25, -0.2) is 4.98 Å². The highest BCUT2D eigenvalue weighted by Crippen LogP contribution is 2.32. The number of hydrogen-bond donors (Lipinski definition) is 1. The summed E-state index contributed by atoms with van der Waals surface area (Å²) in [6, 6.07) is 0.245. The molecule has 122 valence electrons. The molecule has 6 nitrogen and oxygen atoms in total. The molecule has 0 spiro atoms. The zero-order valence-electron chi connectivity index (χ0n) is 13.3. The number of rotatable bonds is 3. The van der Waals surface area contributed by atoms with Crippen molar-refractivity contribution in [2.24, 2.45) is 5.92 Å². The molecule has 3 rings (SSSR count). The summed E-state index contributed by atoms with van der Waals surface area (Å²) in [4.78, 5) is 18.9. The number of hydrogen-bond acceptors (Lipinski definition) is 4. The number of carbonyl (C=O) groups excluding carboxylic acids is 1. The quantitative estimate of drug-likeness (QED) is 0.918. The maximum atomic E-state index is 12.8. The van der Waals surface area contributed by atoms with E-state index in [1.165, 1.54) is 0 Å². The summed E-state index contributed by atoms with van der Waals surface area (Å²) in [5.74, 6) is 0.0724. The lowest BCUT2D eigenvalue weighted by molar-refractivity contribution is -0.0385. The van der Waals surface area contributed by atoms with Gasteiger partial charge in [0.2, 0.25) is 0 Å². The van der Waals surface area contributed by atoms with E-state index in [-0.39, 0.29) is 30.0 Å². The predicted molar refractivity (Wildman–Crippen MR) is 81.6 cm³/mol. The van der Waals surface area contributed by atoms with E-state index in [1.54, 1.807) is 6.33 Å².